The van der Waals surface area contributed by atoms with Crippen LogP contribution in [0.1, 0.15) is 26.7 Å². The molecule has 1 unspecified atom stereocenters. The summed E-state index contributed by atoms with van der Waals surface area (Å²) in [7, 11) is 0. The SMILES string of the molecule is CC(C)(O)C1CCCN1C(=O)Nc1ccccc1-c1ccccc1. The van der Waals surface area contributed by atoms with Crippen LogP contribution in [0.15, 0.2) is 54.6 Å². The number of nitrogens with zero attached hydrogens (tertiary/aromatic N) is 1. The molecule has 1 heterocycles. The molecule has 1 atom stereocenters. The van der Waals surface area contributed by atoms with Crippen LogP contribution in [0, 0.1) is 0 Å². The van der Waals surface area contributed by atoms with Crippen molar-refractivity contribution in [2.75, 3.05) is 11.9 Å². The molecular formula is C20H24N2O2. The zero-order valence-corrected chi connectivity index (χ0v) is 14.2. The summed E-state index contributed by atoms with van der Waals surface area (Å²) < 4.78 is 0. The monoisotopic (exact) mass is 324 g/mol. The van der Waals surface area contributed by atoms with Crippen molar-refractivity contribution in [3.05, 3.63) is 54.6 Å². The number of hydrogen-bond acceptors (Lipinski definition) is 2. The van der Waals surface area contributed by atoms with Gasteiger partial charge in [0.25, 0.3) is 0 Å². The Morgan fingerprint density at radius 2 is 1.79 bits per heavy atom. The topological polar surface area (TPSA) is 52.6 Å². The molecule has 0 radical (unpaired) electrons. The Balaban J connectivity index is 1.83. The van der Waals surface area contributed by atoms with Gasteiger partial charge in [-0.15, -0.1) is 0 Å². The number of aliphatic hydroxyl groups is 1. The van der Waals surface area contributed by atoms with Crippen LogP contribution in [0.25, 0.3) is 11.1 Å². The number of urea groups is 1. The minimum Gasteiger partial charge on any atom is -0.388 e. The van der Waals surface area contributed by atoms with E-state index < -0.39 is 5.60 Å². The third-order valence-corrected chi connectivity index (χ3v) is 4.58. The van der Waals surface area contributed by atoms with E-state index in [0.29, 0.717) is 6.54 Å². The lowest BCUT2D eigenvalue weighted by atomic mass is 9.97. The van der Waals surface area contributed by atoms with E-state index >= 15 is 0 Å². The molecule has 0 spiro atoms. The summed E-state index contributed by atoms with van der Waals surface area (Å²) in [4.78, 5) is 14.5. The fraction of sp³-hybridized carbons (Fsp3) is 0.350. The van der Waals surface area contributed by atoms with Gasteiger partial charge in [-0.1, -0.05) is 48.5 Å². The lowest BCUT2D eigenvalue weighted by Crippen LogP contribution is -2.49. The lowest BCUT2D eigenvalue weighted by molar-refractivity contribution is 0.0117. The molecule has 4 heteroatoms. The minimum atomic E-state index is -0.896. The van der Waals surface area contributed by atoms with Gasteiger partial charge in [0.1, 0.15) is 0 Å². The number of nitrogens with one attached hydrogen (secondary N) is 1. The van der Waals surface area contributed by atoms with E-state index in [9.17, 15) is 9.90 Å². The van der Waals surface area contributed by atoms with Gasteiger partial charge in [-0.2, -0.15) is 0 Å². The number of carbonyl (C=O) groups excluding carboxylic acids is 1. The lowest BCUT2D eigenvalue weighted by Gasteiger charge is -2.33. The first kappa shape index (κ1) is 16.5. The highest BCUT2D eigenvalue weighted by molar-refractivity contribution is 5.94. The third-order valence-electron chi connectivity index (χ3n) is 4.58. The third kappa shape index (κ3) is 3.44. The Morgan fingerprint density at radius 1 is 1.12 bits per heavy atom. The Labute approximate surface area is 143 Å². The Morgan fingerprint density at radius 3 is 2.50 bits per heavy atom. The largest absolute Gasteiger partial charge is 0.388 e. The summed E-state index contributed by atoms with van der Waals surface area (Å²) in [5.74, 6) is 0. The van der Waals surface area contributed by atoms with Gasteiger partial charge in [0.2, 0.25) is 0 Å². The number of para-hydroxylation sites is 1. The van der Waals surface area contributed by atoms with Crippen molar-refractivity contribution in [3.63, 3.8) is 0 Å². The van der Waals surface area contributed by atoms with E-state index in [1.165, 1.54) is 0 Å². The molecule has 24 heavy (non-hydrogen) atoms. The predicted octanol–water partition coefficient (Wildman–Crippen LogP) is 4.12. The zero-order valence-electron chi connectivity index (χ0n) is 14.2. The molecule has 0 bridgehead atoms. The molecule has 1 aliphatic heterocycles. The van der Waals surface area contributed by atoms with Crippen LogP contribution in [0.5, 0.6) is 0 Å². The number of amides is 2. The smallest absolute Gasteiger partial charge is 0.322 e. The number of hydrogen-bond donors (Lipinski definition) is 2. The second kappa shape index (κ2) is 6.65. The Bertz CT molecular complexity index is 707. The summed E-state index contributed by atoms with van der Waals surface area (Å²) in [5, 5.41) is 13.3. The van der Waals surface area contributed by atoms with Crippen molar-refractivity contribution in [3.8, 4) is 11.1 Å². The van der Waals surface area contributed by atoms with Crippen molar-refractivity contribution in [1.29, 1.82) is 0 Å². The molecule has 2 amide bonds. The van der Waals surface area contributed by atoms with Gasteiger partial charge in [0.15, 0.2) is 0 Å². The minimum absolute atomic E-state index is 0.150. The van der Waals surface area contributed by atoms with Gasteiger partial charge in [0, 0.05) is 12.1 Å². The van der Waals surface area contributed by atoms with E-state index in [-0.39, 0.29) is 12.1 Å². The fourth-order valence-electron chi connectivity index (χ4n) is 3.39. The molecule has 2 aromatic rings. The molecule has 1 fully saturated rings. The van der Waals surface area contributed by atoms with Crippen molar-refractivity contribution in [2.24, 2.45) is 0 Å². The molecule has 3 rings (SSSR count). The van der Waals surface area contributed by atoms with Crippen molar-refractivity contribution < 1.29 is 9.90 Å². The van der Waals surface area contributed by atoms with Crippen LogP contribution in [0.4, 0.5) is 10.5 Å². The van der Waals surface area contributed by atoms with Crippen molar-refractivity contribution >= 4 is 11.7 Å². The van der Waals surface area contributed by atoms with E-state index in [4.69, 9.17) is 0 Å². The average Bonchev–Trinajstić information content (AvgIpc) is 3.06. The highest BCUT2D eigenvalue weighted by Gasteiger charge is 2.38. The van der Waals surface area contributed by atoms with Gasteiger partial charge in [-0.25, -0.2) is 4.79 Å². The van der Waals surface area contributed by atoms with Crippen LogP contribution in [0.3, 0.4) is 0 Å². The van der Waals surface area contributed by atoms with Gasteiger partial charge in [-0.05, 0) is 38.3 Å². The van der Waals surface area contributed by atoms with E-state index in [0.717, 1.165) is 29.7 Å². The van der Waals surface area contributed by atoms with Gasteiger partial charge in [0.05, 0.1) is 17.3 Å². The summed E-state index contributed by atoms with van der Waals surface area (Å²) in [6.45, 7) is 4.20. The van der Waals surface area contributed by atoms with Crippen LogP contribution in [0.2, 0.25) is 0 Å². The molecule has 0 saturated carbocycles. The van der Waals surface area contributed by atoms with Gasteiger partial charge in [-0.3, -0.25) is 0 Å². The number of benzene rings is 2. The standard InChI is InChI=1S/C20H24N2O2/c1-20(2,24)18-13-8-14-22(18)19(23)21-17-12-7-6-11-16(17)15-9-4-3-5-10-15/h3-7,9-12,18,24H,8,13-14H2,1-2H3,(H,21,23). The summed E-state index contributed by atoms with van der Waals surface area (Å²) in [5.41, 5.74) is 1.95. The molecule has 2 aromatic carbocycles. The molecule has 1 aliphatic rings. The van der Waals surface area contributed by atoms with Crippen LogP contribution < -0.4 is 5.32 Å². The van der Waals surface area contributed by atoms with Gasteiger partial charge >= 0.3 is 6.03 Å². The summed E-state index contributed by atoms with van der Waals surface area (Å²) in [6.07, 6.45) is 1.75. The number of rotatable bonds is 3. The highest BCUT2D eigenvalue weighted by atomic mass is 16.3. The summed E-state index contributed by atoms with van der Waals surface area (Å²) in [6, 6.07) is 17.5. The normalized spacial score (nSPS) is 17.8. The maximum absolute atomic E-state index is 12.8. The Kier molecular flexibility index (Phi) is 4.58. The fourth-order valence-corrected chi connectivity index (χ4v) is 3.39. The second-order valence-corrected chi connectivity index (χ2v) is 6.85. The molecule has 0 aromatic heterocycles. The molecule has 1 saturated heterocycles. The molecular weight excluding hydrogens is 300 g/mol. The first-order valence-electron chi connectivity index (χ1n) is 8.41. The van der Waals surface area contributed by atoms with Crippen LogP contribution in [-0.2, 0) is 0 Å². The first-order chi connectivity index (χ1) is 11.5. The van der Waals surface area contributed by atoms with E-state index in [1.54, 1.807) is 18.7 Å². The van der Waals surface area contributed by atoms with E-state index in [1.807, 2.05) is 54.6 Å². The Hall–Kier alpha value is -2.33. The molecule has 2 N–H and O–H groups in total. The average molecular weight is 324 g/mol. The quantitative estimate of drug-likeness (QED) is 0.892. The highest BCUT2D eigenvalue weighted by Crippen LogP contribution is 2.30. The van der Waals surface area contributed by atoms with Crippen molar-refractivity contribution in [2.45, 2.75) is 38.3 Å². The maximum Gasteiger partial charge on any atom is 0.322 e. The second-order valence-electron chi connectivity index (χ2n) is 6.85. The van der Waals surface area contributed by atoms with Gasteiger partial charge < -0.3 is 15.3 Å². The molecule has 4 nitrogen and oxygen atoms in total. The maximum atomic E-state index is 12.8. The van der Waals surface area contributed by atoms with Crippen LogP contribution >= 0.6 is 0 Å². The predicted molar refractivity (Wildman–Crippen MR) is 96.9 cm³/mol. The number of carbonyl (C=O) groups is 1. The zero-order chi connectivity index (χ0) is 17.2. The first-order valence-corrected chi connectivity index (χ1v) is 8.41. The molecule has 0 aliphatic carbocycles. The number of likely N-dealkylation sites (tertiary alicyclic amines) is 1. The summed E-state index contributed by atoms with van der Waals surface area (Å²) >= 11 is 0. The van der Waals surface area contributed by atoms with Crippen LogP contribution in [-0.4, -0.2) is 34.2 Å². The van der Waals surface area contributed by atoms with Crippen molar-refractivity contribution in [1.82, 2.24) is 4.90 Å². The van der Waals surface area contributed by atoms with E-state index in [2.05, 4.69) is 5.32 Å². The molecule has 126 valence electrons. The number of anilines is 1.